The average molecular weight is 1540 g/mol. The van der Waals surface area contributed by atoms with Crippen LogP contribution in [0.25, 0.3) is 0 Å². The Morgan fingerprint density at radius 3 is 1.44 bits per heavy atom. The normalized spacial score (nSPS) is 21.8. The number of hydrogen-bond acceptors (Lipinski definition) is 23. The van der Waals surface area contributed by atoms with Crippen molar-refractivity contribution in [1.82, 2.24) is 40.1 Å². The van der Waals surface area contributed by atoms with Crippen LogP contribution in [0.3, 0.4) is 0 Å². The number of carbonyl (C=O) groups is 9. The van der Waals surface area contributed by atoms with E-state index in [1.54, 1.807) is 57.2 Å². The average Bonchev–Trinajstić information content (AvgIpc) is 1.58. The molecule has 32 nitrogen and oxygen atoms in total. The molecule has 4 fully saturated rings. The summed E-state index contributed by atoms with van der Waals surface area (Å²) in [7, 11) is -8.90. The summed E-state index contributed by atoms with van der Waals surface area (Å²) in [5, 5.41) is 31.6. The largest absolute Gasteiger partial charge is 0.481 e. The van der Waals surface area contributed by atoms with Crippen LogP contribution >= 0.6 is 0 Å². The lowest BCUT2D eigenvalue weighted by Gasteiger charge is -2.29. The van der Waals surface area contributed by atoms with Crippen molar-refractivity contribution in [2.75, 3.05) is 89.7 Å². The predicted molar refractivity (Wildman–Crippen MR) is 376 cm³/mol. The first-order valence-corrected chi connectivity index (χ1v) is 37.4. The molecule has 6 aliphatic rings. The SMILES string of the molecule is C=C[C@@H]1C[C@]1(NC(=O)[C@@H]1C[C@@H](OC(=O)N2Cc3cccc(F)c3C2)CN1)C(=O)NS(=O)(=O)c1ccccc1NCCOCCOCCC(=O)O.C=C[C@@H]1C[C@]1(NC(=O)[C@@H]1C[C@@H](OC(=O)N2Cc3cccc(F)c3C2)CN1C(=O)OC(C)(C)C)C(=O)NS(=O)(=O)c1ccccc1NCCOCCOCCC(=O)O. The molecule has 4 aliphatic heterocycles. The van der Waals surface area contributed by atoms with Crippen LogP contribution in [-0.2, 0) is 108 Å². The number of likely N-dealkylation sites (tertiary alicyclic amines) is 1. The number of nitrogens with zero attached hydrogens (tertiary/aromatic N) is 3. The van der Waals surface area contributed by atoms with Gasteiger partial charge in [-0.25, -0.2) is 49.4 Å². The van der Waals surface area contributed by atoms with Gasteiger partial charge in [0.05, 0.1) is 103 Å². The number of para-hydroxylation sites is 2. The van der Waals surface area contributed by atoms with Crippen molar-refractivity contribution < 1.29 is 112 Å². The highest BCUT2D eigenvalue weighted by molar-refractivity contribution is 7.90. The fourth-order valence-electron chi connectivity index (χ4n) is 12.5. The Bertz CT molecular complexity index is 4230. The first-order chi connectivity index (χ1) is 50.9. The maximum atomic E-state index is 14.3. The monoisotopic (exact) mass is 1530 g/mol. The first kappa shape index (κ1) is 81.2. The fourth-order valence-corrected chi connectivity index (χ4v) is 14.9. The van der Waals surface area contributed by atoms with Crippen LogP contribution in [0.4, 0.5) is 34.5 Å². The second-order valence-electron chi connectivity index (χ2n) is 27.0. The number of rotatable bonds is 34. The minimum atomic E-state index is -4.51. The summed E-state index contributed by atoms with van der Waals surface area (Å²) in [5.74, 6) is -7.25. The highest BCUT2D eigenvalue weighted by atomic mass is 32.2. The molecule has 7 amide bonds. The van der Waals surface area contributed by atoms with Crippen molar-refractivity contribution >= 4 is 85.3 Å². The molecule has 0 aromatic heterocycles. The number of hydrogen-bond donors (Lipinski definition) is 9. The summed E-state index contributed by atoms with van der Waals surface area (Å²) in [6.07, 6.45) is -1.13. The molecule has 36 heteroatoms. The quantitative estimate of drug-likeness (QED) is 0.0175. The number of aliphatic carboxylic acids is 2. The lowest BCUT2D eigenvalue weighted by molar-refractivity contribution is -0.139. The standard InChI is InChI=1S/C38H48FN5O12S.C33H40FN5O10S/c1-5-25-20-38(25,34(48)42-57(51,52)31-12-7-6-11-29(31)40-14-16-54-18-17-53-15-13-32(45)46)41-33(47)30-19-26(22-44(30)36(50)56-37(2,3)4)55-35(49)43-21-24-9-8-10-28(39)27(24)23-43;1-2-22-17-33(22,37-30(42)27-16-23(18-36-27)49-32(44)39-19-21-6-5-7-25(34)24(21)20-39)31(43)38-50(45,46)28-9-4-3-8-26(28)35-11-13-48-15-14-47-12-10-29(40)41/h5-12,25-26,30,40H,1,13-23H2,2-4H3,(H,41,47)(H,42,48)(H,45,46);2-9,22-23,27,35-36H,1,10-20H2,(H,37,42)(H,38,43)(H,40,41)/t25-,26-,30+,38-;22-,23-,27+,33-/m11/s1. The number of benzene rings is 4. The molecular formula is C71H88F2N10O22S2. The summed E-state index contributed by atoms with van der Waals surface area (Å²) < 4.78 is 125. The number of halogens is 2. The summed E-state index contributed by atoms with van der Waals surface area (Å²) >= 11 is 0. The van der Waals surface area contributed by atoms with Crippen molar-refractivity contribution in [3.63, 3.8) is 0 Å². The lowest BCUT2D eigenvalue weighted by Crippen LogP contribution is -2.56. The van der Waals surface area contributed by atoms with E-state index in [1.165, 1.54) is 70.5 Å². The summed E-state index contributed by atoms with van der Waals surface area (Å²) in [6.45, 7) is 14.4. The Hall–Kier alpha value is -9.85. The highest BCUT2D eigenvalue weighted by Gasteiger charge is 2.63. The van der Waals surface area contributed by atoms with Gasteiger partial charge in [0, 0.05) is 68.5 Å². The Balaban J connectivity index is 0.000000249. The molecule has 4 aromatic carbocycles. The number of carboxylic acids is 2. The van der Waals surface area contributed by atoms with Gasteiger partial charge >= 0.3 is 30.2 Å². The Morgan fingerprint density at radius 1 is 0.570 bits per heavy atom. The van der Waals surface area contributed by atoms with Gasteiger partial charge in [0.1, 0.15) is 56.4 Å². The van der Waals surface area contributed by atoms with E-state index < -0.39 is 133 Å². The highest BCUT2D eigenvalue weighted by Crippen LogP contribution is 2.47. The molecule has 2 aliphatic carbocycles. The van der Waals surface area contributed by atoms with E-state index >= 15 is 0 Å². The van der Waals surface area contributed by atoms with Crippen molar-refractivity contribution in [1.29, 1.82) is 0 Å². The van der Waals surface area contributed by atoms with E-state index in [0.717, 1.165) is 4.90 Å². The zero-order valence-electron chi connectivity index (χ0n) is 59.1. The molecular weight excluding hydrogens is 1450 g/mol. The smallest absolute Gasteiger partial charge is 0.411 e. The third kappa shape index (κ3) is 21.3. The first-order valence-electron chi connectivity index (χ1n) is 34.5. The molecule has 8 atom stereocenters. The van der Waals surface area contributed by atoms with Gasteiger partial charge in [-0.1, -0.05) is 60.7 Å². The molecule has 0 unspecified atom stereocenters. The molecule has 107 heavy (non-hydrogen) atoms. The van der Waals surface area contributed by atoms with Crippen molar-refractivity contribution in [2.45, 2.75) is 136 Å². The third-order valence-corrected chi connectivity index (χ3v) is 21.0. The van der Waals surface area contributed by atoms with Crippen LogP contribution in [0.15, 0.2) is 120 Å². The van der Waals surface area contributed by atoms with E-state index in [4.69, 9.17) is 43.4 Å². The Kier molecular flexibility index (Phi) is 27.1. The second-order valence-corrected chi connectivity index (χ2v) is 30.3. The molecule has 4 heterocycles. The van der Waals surface area contributed by atoms with Gasteiger partial charge in [0.2, 0.25) is 11.8 Å². The lowest BCUT2D eigenvalue weighted by atomic mass is 10.1. The number of amides is 7. The maximum absolute atomic E-state index is 14.3. The number of carboxylic acid groups (broad SMARTS) is 2. The van der Waals surface area contributed by atoms with Gasteiger partial charge in [-0.05, 0) is 81.1 Å². The van der Waals surface area contributed by atoms with Gasteiger partial charge < -0.3 is 70.0 Å². The zero-order valence-corrected chi connectivity index (χ0v) is 60.8. The van der Waals surface area contributed by atoms with Gasteiger partial charge in [-0.15, -0.1) is 13.2 Å². The van der Waals surface area contributed by atoms with Crippen molar-refractivity contribution in [2.24, 2.45) is 11.8 Å². The molecule has 10 rings (SSSR count). The summed E-state index contributed by atoms with van der Waals surface area (Å²) in [5.41, 5.74) is -1.66. The molecule has 580 valence electrons. The molecule has 2 saturated heterocycles. The van der Waals surface area contributed by atoms with Crippen molar-refractivity contribution in [3.8, 4) is 0 Å². The minimum absolute atomic E-state index is 0.0135. The Labute approximate surface area is 616 Å². The number of anilines is 2. The van der Waals surface area contributed by atoms with Crippen LogP contribution in [-0.4, -0.2) is 216 Å². The van der Waals surface area contributed by atoms with E-state index in [1.807, 2.05) is 0 Å². The molecule has 0 bridgehead atoms. The van der Waals surface area contributed by atoms with Crippen LogP contribution in [0.5, 0.6) is 0 Å². The van der Waals surface area contributed by atoms with Crippen LogP contribution < -0.4 is 36.0 Å². The molecule has 9 N–H and O–H groups in total. The second kappa shape index (κ2) is 35.7. The number of nitrogens with one attached hydrogen (secondary N) is 7. The van der Waals surface area contributed by atoms with Gasteiger partial charge in [-0.2, -0.15) is 0 Å². The van der Waals surface area contributed by atoms with E-state index in [9.17, 15) is 68.8 Å². The van der Waals surface area contributed by atoms with E-state index in [-0.39, 0.29) is 171 Å². The zero-order chi connectivity index (χ0) is 77.4. The van der Waals surface area contributed by atoms with Crippen LogP contribution in [0.2, 0.25) is 0 Å². The maximum Gasteiger partial charge on any atom is 0.411 e. The molecule has 0 spiro atoms. The summed E-state index contributed by atoms with van der Waals surface area (Å²) in [6, 6.07) is 19.0. The third-order valence-electron chi connectivity index (χ3n) is 18.2. The Morgan fingerprint density at radius 2 is 1.01 bits per heavy atom. The van der Waals surface area contributed by atoms with E-state index in [0.29, 0.717) is 22.3 Å². The number of fused-ring (bicyclic) bond motifs is 2. The molecule has 4 aromatic rings. The van der Waals surface area contributed by atoms with E-state index in [2.05, 4.69) is 49.2 Å². The molecule has 2 saturated carbocycles. The fraction of sp³-hybridized carbons (Fsp3) is 0.479. The number of carbonyl (C=O) groups excluding carboxylic acids is 7. The van der Waals surface area contributed by atoms with Crippen LogP contribution in [0, 0.1) is 23.5 Å². The molecule has 0 radical (unpaired) electrons. The van der Waals surface area contributed by atoms with Gasteiger partial charge in [0.15, 0.2) is 0 Å². The summed E-state index contributed by atoms with van der Waals surface area (Å²) in [4.78, 5) is 118. The number of sulfonamides is 2. The topological polar surface area (TPSA) is 421 Å². The number of ether oxygens (including phenoxy) is 7. The predicted octanol–water partition coefficient (Wildman–Crippen LogP) is 4.64. The van der Waals surface area contributed by atoms with Crippen LogP contribution in [0.1, 0.15) is 81.5 Å². The van der Waals surface area contributed by atoms with Gasteiger partial charge in [-0.3, -0.25) is 43.5 Å². The minimum Gasteiger partial charge on any atom is -0.481 e. The van der Waals surface area contributed by atoms with Gasteiger partial charge in [0.25, 0.3) is 31.9 Å². The van der Waals surface area contributed by atoms with Crippen molar-refractivity contribution in [3.05, 3.63) is 144 Å².